The highest BCUT2D eigenvalue weighted by Crippen LogP contribution is 2.48. The van der Waals surface area contributed by atoms with E-state index >= 15 is 0 Å². The molecular weight excluding hydrogens is 340 g/mol. The standard InChI is InChI=1S/C23H20O4/c1-3-12-26-20-13-16-6-4-5-7-18(16)22-19(14-21(24)27-23(20)22)15-8-10-17(25-2)11-9-15/h3-11,13,19H,1,12,14H2,2H3/t19-/m1/s1. The monoisotopic (exact) mass is 360 g/mol. The van der Waals surface area contributed by atoms with E-state index in [0.717, 1.165) is 27.6 Å². The highest BCUT2D eigenvalue weighted by molar-refractivity contribution is 5.94. The Bertz CT molecular complexity index is 1000. The number of hydrogen-bond donors (Lipinski definition) is 0. The summed E-state index contributed by atoms with van der Waals surface area (Å²) in [7, 11) is 1.64. The molecule has 4 rings (SSSR count). The van der Waals surface area contributed by atoms with Crippen LogP contribution in [0.25, 0.3) is 10.8 Å². The van der Waals surface area contributed by atoms with Gasteiger partial charge < -0.3 is 14.2 Å². The molecule has 0 spiro atoms. The zero-order chi connectivity index (χ0) is 18.8. The third-order valence-electron chi connectivity index (χ3n) is 4.82. The van der Waals surface area contributed by atoms with E-state index in [9.17, 15) is 4.79 Å². The van der Waals surface area contributed by atoms with Gasteiger partial charge in [0.15, 0.2) is 11.5 Å². The summed E-state index contributed by atoms with van der Waals surface area (Å²) in [5.74, 6) is 1.49. The number of fused-ring (bicyclic) bond motifs is 3. The van der Waals surface area contributed by atoms with Crippen molar-refractivity contribution in [2.45, 2.75) is 12.3 Å². The molecule has 1 atom stereocenters. The molecule has 136 valence electrons. The summed E-state index contributed by atoms with van der Waals surface area (Å²) < 4.78 is 16.7. The molecule has 3 aromatic carbocycles. The molecule has 4 nitrogen and oxygen atoms in total. The van der Waals surface area contributed by atoms with E-state index in [-0.39, 0.29) is 18.3 Å². The molecule has 0 fully saturated rings. The Morgan fingerprint density at radius 3 is 2.70 bits per heavy atom. The van der Waals surface area contributed by atoms with E-state index in [1.165, 1.54) is 0 Å². The molecule has 1 heterocycles. The zero-order valence-corrected chi connectivity index (χ0v) is 15.1. The smallest absolute Gasteiger partial charge is 0.312 e. The highest BCUT2D eigenvalue weighted by atomic mass is 16.6. The maximum atomic E-state index is 12.4. The van der Waals surface area contributed by atoms with Crippen molar-refractivity contribution < 1.29 is 19.0 Å². The van der Waals surface area contributed by atoms with Crippen LogP contribution in [0.4, 0.5) is 0 Å². The van der Waals surface area contributed by atoms with Gasteiger partial charge in [0.2, 0.25) is 0 Å². The van der Waals surface area contributed by atoms with Crippen LogP contribution in [0.1, 0.15) is 23.5 Å². The van der Waals surface area contributed by atoms with Crippen LogP contribution in [0.2, 0.25) is 0 Å². The molecule has 3 aromatic rings. The lowest BCUT2D eigenvalue weighted by Crippen LogP contribution is -2.22. The number of methoxy groups -OCH3 is 1. The fraction of sp³-hybridized carbons (Fsp3) is 0.174. The minimum absolute atomic E-state index is 0.107. The average Bonchev–Trinajstić information content (AvgIpc) is 2.71. The fourth-order valence-electron chi connectivity index (χ4n) is 3.58. The quantitative estimate of drug-likeness (QED) is 0.370. The predicted molar refractivity (Wildman–Crippen MR) is 105 cm³/mol. The highest BCUT2D eigenvalue weighted by Gasteiger charge is 2.33. The topological polar surface area (TPSA) is 44.8 Å². The minimum atomic E-state index is -0.262. The van der Waals surface area contributed by atoms with Crippen molar-refractivity contribution in [3.05, 3.63) is 78.4 Å². The van der Waals surface area contributed by atoms with Crippen LogP contribution in [-0.4, -0.2) is 19.7 Å². The lowest BCUT2D eigenvalue weighted by Gasteiger charge is -2.28. The molecule has 0 amide bonds. The van der Waals surface area contributed by atoms with Crippen molar-refractivity contribution in [3.63, 3.8) is 0 Å². The average molecular weight is 360 g/mol. The van der Waals surface area contributed by atoms with Gasteiger partial charge in [0.1, 0.15) is 12.4 Å². The van der Waals surface area contributed by atoms with Gasteiger partial charge in [0, 0.05) is 11.5 Å². The van der Waals surface area contributed by atoms with Crippen LogP contribution >= 0.6 is 0 Å². The number of carbonyl (C=O) groups excluding carboxylic acids is 1. The second-order valence-electron chi connectivity index (χ2n) is 6.44. The van der Waals surface area contributed by atoms with E-state index in [4.69, 9.17) is 14.2 Å². The van der Waals surface area contributed by atoms with Crippen LogP contribution in [0.15, 0.2) is 67.3 Å². The van der Waals surface area contributed by atoms with Crippen molar-refractivity contribution in [3.8, 4) is 17.2 Å². The Morgan fingerprint density at radius 1 is 1.19 bits per heavy atom. The fourth-order valence-corrected chi connectivity index (χ4v) is 3.58. The van der Waals surface area contributed by atoms with Crippen molar-refractivity contribution in [2.75, 3.05) is 13.7 Å². The molecular formula is C23H20O4. The van der Waals surface area contributed by atoms with Crippen LogP contribution in [0.3, 0.4) is 0 Å². The Labute approximate surface area is 158 Å². The van der Waals surface area contributed by atoms with Crippen molar-refractivity contribution in [1.29, 1.82) is 0 Å². The second-order valence-corrected chi connectivity index (χ2v) is 6.44. The summed E-state index contributed by atoms with van der Waals surface area (Å²) in [6.45, 7) is 4.04. The summed E-state index contributed by atoms with van der Waals surface area (Å²) in [5.41, 5.74) is 2.02. The maximum Gasteiger partial charge on any atom is 0.312 e. The van der Waals surface area contributed by atoms with Gasteiger partial charge in [-0.2, -0.15) is 0 Å². The van der Waals surface area contributed by atoms with Crippen LogP contribution in [0.5, 0.6) is 17.2 Å². The summed E-state index contributed by atoms with van der Waals surface area (Å²) in [5, 5.41) is 2.11. The Hall–Kier alpha value is -3.27. The molecule has 0 unspecified atom stereocenters. The molecule has 1 aliphatic heterocycles. The van der Waals surface area contributed by atoms with Gasteiger partial charge in [-0.05, 0) is 34.5 Å². The van der Waals surface area contributed by atoms with Gasteiger partial charge in [0.25, 0.3) is 0 Å². The van der Waals surface area contributed by atoms with Crippen molar-refractivity contribution >= 4 is 16.7 Å². The first kappa shape index (κ1) is 17.2. The number of ether oxygens (including phenoxy) is 3. The molecule has 0 aliphatic carbocycles. The summed E-state index contributed by atoms with van der Waals surface area (Å²) in [4.78, 5) is 12.4. The number of benzene rings is 3. The van der Waals surface area contributed by atoms with E-state index < -0.39 is 0 Å². The molecule has 0 aromatic heterocycles. The molecule has 1 aliphatic rings. The van der Waals surface area contributed by atoms with E-state index in [2.05, 4.69) is 12.6 Å². The first-order valence-corrected chi connectivity index (χ1v) is 8.85. The lowest BCUT2D eigenvalue weighted by molar-refractivity contribution is -0.135. The van der Waals surface area contributed by atoms with Crippen LogP contribution < -0.4 is 14.2 Å². The van der Waals surface area contributed by atoms with Crippen molar-refractivity contribution in [2.24, 2.45) is 0 Å². The third kappa shape index (κ3) is 3.14. The first-order valence-electron chi connectivity index (χ1n) is 8.85. The second kappa shape index (κ2) is 7.16. The van der Waals surface area contributed by atoms with Crippen LogP contribution in [-0.2, 0) is 4.79 Å². The van der Waals surface area contributed by atoms with Gasteiger partial charge in [-0.15, -0.1) is 0 Å². The van der Waals surface area contributed by atoms with Gasteiger partial charge in [-0.1, -0.05) is 49.1 Å². The number of hydrogen-bond acceptors (Lipinski definition) is 4. The van der Waals surface area contributed by atoms with Gasteiger partial charge in [-0.3, -0.25) is 4.79 Å². The lowest BCUT2D eigenvalue weighted by atomic mass is 9.83. The Morgan fingerprint density at radius 2 is 1.96 bits per heavy atom. The van der Waals surface area contributed by atoms with E-state index in [1.807, 2.05) is 48.5 Å². The van der Waals surface area contributed by atoms with Gasteiger partial charge in [-0.25, -0.2) is 0 Å². The summed E-state index contributed by atoms with van der Waals surface area (Å²) >= 11 is 0. The largest absolute Gasteiger partial charge is 0.497 e. The summed E-state index contributed by atoms with van der Waals surface area (Å²) in [6, 6.07) is 17.8. The molecule has 0 saturated carbocycles. The zero-order valence-electron chi connectivity index (χ0n) is 15.1. The molecule has 0 radical (unpaired) electrons. The van der Waals surface area contributed by atoms with E-state index in [1.54, 1.807) is 13.2 Å². The summed E-state index contributed by atoms with van der Waals surface area (Å²) in [6.07, 6.45) is 1.96. The van der Waals surface area contributed by atoms with Gasteiger partial charge in [0.05, 0.1) is 13.5 Å². The predicted octanol–water partition coefficient (Wildman–Crippen LogP) is 4.85. The molecule has 0 saturated heterocycles. The normalized spacial score (nSPS) is 15.7. The molecule has 27 heavy (non-hydrogen) atoms. The van der Waals surface area contributed by atoms with Crippen LogP contribution in [0, 0.1) is 0 Å². The third-order valence-corrected chi connectivity index (χ3v) is 4.82. The number of carbonyl (C=O) groups is 1. The Kier molecular flexibility index (Phi) is 4.55. The molecule has 0 bridgehead atoms. The minimum Gasteiger partial charge on any atom is -0.497 e. The van der Waals surface area contributed by atoms with E-state index in [0.29, 0.717) is 18.1 Å². The van der Waals surface area contributed by atoms with Crippen molar-refractivity contribution in [1.82, 2.24) is 0 Å². The molecule has 0 N–H and O–H groups in total. The Balaban J connectivity index is 1.93. The number of rotatable bonds is 5. The molecule has 4 heteroatoms. The van der Waals surface area contributed by atoms with Gasteiger partial charge >= 0.3 is 5.97 Å². The maximum absolute atomic E-state index is 12.4. The SMILES string of the molecule is C=CCOc1cc2ccccc2c2c1OC(=O)C[C@@H]2c1ccc(OC)cc1. The first-order chi connectivity index (χ1) is 13.2. The number of esters is 1.